The van der Waals surface area contributed by atoms with Gasteiger partial charge in [0.15, 0.2) is 0 Å². The zero-order valence-corrected chi connectivity index (χ0v) is 19.9. The fourth-order valence-corrected chi connectivity index (χ4v) is 3.30. The van der Waals surface area contributed by atoms with Gasteiger partial charge in [-0.3, -0.25) is 9.59 Å². The third-order valence-corrected chi connectivity index (χ3v) is 5.35. The van der Waals surface area contributed by atoms with Crippen LogP contribution in [0.3, 0.4) is 0 Å². The van der Waals surface area contributed by atoms with Crippen LogP contribution < -0.4 is 14.8 Å². The first kappa shape index (κ1) is 25.5. The molecule has 2 aromatic carbocycles. The standard InChI is InChI=1S/C25H33ClN2O4/c1-4-5-15-27-25(30)19(2)28(18-20-8-6-9-23(17-20)31-3)24(29)10-7-16-32-22-13-11-21(26)12-14-22/h6,8-9,11-14,17,19H,4-5,7,10,15-16,18H2,1-3H3,(H,27,30)/t19-/m1/s1. The minimum Gasteiger partial charge on any atom is -0.497 e. The van der Waals surface area contributed by atoms with Gasteiger partial charge in [0.05, 0.1) is 13.7 Å². The number of ether oxygens (including phenoxy) is 2. The number of hydrogen-bond donors (Lipinski definition) is 1. The van der Waals surface area contributed by atoms with Gasteiger partial charge >= 0.3 is 0 Å². The SMILES string of the molecule is CCCCNC(=O)[C@@H](C)N(Cc1cccc(OC)c1)C(=O)CCCOc1ccc(Cl)cc1. The number of nitrogens with zero attached hydrogens (tertiary/aromatic N) is 1. The molecule has 0 aromatic heterocycles. The van der Waals surface area contributed by atoms with E-state index in [1.165, 1.54) is 0 Å². The molecule has 2 aromatic rings. The molecule has 0 spiro atoms. The van der Waals surface area contributed by atoms with Gasteiger partial charge in [-0.05, 0) is 61.7 Å². The van der Waals surface area contributed by atoms with Gasteiger partial charge in [0.25, 0.3) is 0 Å². The summed E-state index contributed by atoms with van der Waals surface area (Å²) < 4.78 is 11.0. The minimum absolute atomic E-state index is 0.0920. The first-order valence-corrected chi connectivity index (χ1v) is 11.4. The Hall–Kier alpha value is -2.73. The highest BCUT2D eigenvalue weighted by Crippen LogP contribution is 2.18. The molecule has 32 heavy (non-hydrogen) atoms. The molecule has 0 aliphatic rings. The molecule has 0 saturated heterocycles. The molecule has 0 radical (unpaired) electrons. The van der Waals surface area contributed by atoms with E-state index in [-0.39, 0.29) is 18.2 Å². The number of methoxy groups -OCH3 is 1. The number of amides is 2. The molecule has 0 unspecified atom stereocenters. The number of unbranched alkanes of at least 4 members (excludes halogenated alkanes) is 1. The van der Waals surface area contributed by atoms with Crippen LogP contribution in [0.5, 0.6) is 11.5 Å². The number of hydrogen-bond acceptors (Lipinski definition) is 4. The first-order chi connectivity index (χ1) is 15.4. The zero-order valence-electron chi connectivity index (χ0n) is 19.1. The lowest BCUT2D eigenvalue weighted by molar-refractivity contribution is -0.140. The maximum atomic E-state index is 13.1. The van der Waals surface area contributed by atoms with E-state index in [0.29, 0.717) is 42.6 Å². The molecule has 1 atom stereocenters. The smallest absolute Gasteiger partial charge is 0.242 e. The van der Waals surface area contributed by atoms with Crippen LogP contribution in [0.15, 0.2) is 48.5 Å². The number of carbonyl (C=O) groups is 2. The second-order valence-electron chi connectivity index (χ2n) is 7.60. The van der Waals surface area contributed by atoms with Gasteiger partial charge in [0, 0.05) is 24.5 Å². The zero-order chi connectivity index (χ0) is 23.3. The third kappa shape index (κ3) is 8.42. The summed E-state index contributed by atoms with van der Waals surface area (Å²) in [7, 11) is 1.60. The van der Waals surface area contributed by atoms with Crippen molar-refractivity contribution in [2.75, 3.05) is 20.3 Å². The van der Waals surface area contributed by atoms with Gasteiger partial charge < -0.3 is 19.7 Å². The molecular formula is C25H33ClN2O4. The maximum Gasteiger partial charge on any atom is 0.242 e. The Balaban J connectivity index is 2.00. The van der Waals surface area contributed by atoms with E-state index in [9.17, 15) is 9.59 Å². The topological polar surface area (TPSA) is 67.9 Å². The molecule has 0 saturated carbocycles. The van der Waals surface area contributed by atoms with E-state index in [0.717, 1.165) is 18.4 Å². The highest BCUT2D eigenvalue weighted by molar-refractivity contribution is 6.30. The van der Waals surface area contributed by atoms with Crippen LogP contribution in [0.1, 0.15) is 45.1 Å². The highest BCUT2D eigenvalue weighted by Gasteiger charge is 2.25. The Labute approximate surface area is 195 Å². The molecule has 2 rings (SSSR count). The number of benzene rings is 2. The average molecular weight is 461 g/mol. The lowest BCUT2D eigenvalue weighted by atomic mass is 10.1. The summed E-state index contributed by atoms with van der Waals surface area (Å²) in [6, 6.07) is 14.1. The Morgan fingerprint density at radius 1 is 1.09 bits per heavy atom. The molecule has 0 fully saturated rings. The molecule has 0 aliphatic heterocycles. The van der Waals surface area contributed by atoms with Gasteiger partial charge in [-0.2, -0.15) is 0 Å². The predicted octanol–water partition coefficient (Wildman–Crippen LogP) is 4.84. The van der Waals surface area contributed by atoms with Crippen LogP contribution in [0.25, 0.3) is 0 Å². The molecular weight excluding hydrogens is 428 g/mol. The number of nitrogens with one attached hydrogen (secondary N) is 1. The van der Waals surface area contributed by atoms with Crippen molar-refractivity contribution in [2.24, 2.45) is 0 Å². The summed E-state index contributed by atoms with van der Waals surface area (Å²) in [6.07, 6.45) is 2.73. The molecule has 1 N–H and O–H groups in total. The van der Waals surface area contributed by atoms with Crippen molar-refractivity contribution in [1.29, 1.82) is 0 Å². The normalized spacial score (nSPS) is 11.5. The van der Waals surface area contributed by atoms with Crippen LogP contribution in [0.4, 0.5) is 0 Å². The molecule has 6 nitrogen and oxygen atoms in total. The van der Waals surface area contributed by atoms with E-state index in [4.69, 9.17) is 21.1 Å². The quantitative estimate of drug-likeness (QED) is 0.434. The molecule has 7 heteroatoms. The fourth-order valence-electron chi connectivity index (χ4n) is 3.17. The third-order valence-electron chi connectivity index (χ3n) is 5.10. The maximum absolute atomic E-state index is 13.1. The summed E-state index contributed by atoms with van der Waals surface area (Å²) in [4.78, 5) is 27.4. The Morgan fingerprint density at radius 3 is 2.53 bits per heavy atom. The Morgan fingerprint density at radius 2 is 1.84 bits per heavy atom. The van der Waals surface area contributed by atoms with E-state index in [2.05, 4.69) is 12.2 Å². The van der Waals surface area contributed by atoms with Crippen molar-refractivity contribution in [3.63, 3.8) is 0 Å². The van der Waals surface area contributed by atoms with Crippen LogP contribution in [0.2, 0.25) is 5.02 Å². The molecule has 174 valence electrons. The molecule has 0 aliphatic carbocycles. The monoisotopic (exact) mass is 460 g/mol. The van der Waals surface area contributed by atoms with Crippen LogP contribution >= 0.6 is 11.6 Å². The lowest BCUT2D eigenvalue weighted by Crippen LogP contribution is -2.47. The second-order valence-corrected chi connectivity index (χ2v) is 8.04. The van der Waals surface area contributed by atoms with Crippen molar-refractivity contribution in [3.8, 4) is 11.5 Å². The van der Waals surface area contributed by atoms with Gasteiger partial charge in [0.2, 0.25) is 11.8 Å². The van der Waals surface area contributed by atoms with E-state index in [1.54, 1.807) is 43.2 Å². The van der Waals surface area contributed by atoms with Crippen LogP contribution in [-0.2, 0) is 16.1 Å². The lowest BCUT2D eigenvalue weighted by Gasteiger charge is -2.29. The van der Waals surface area contributed by atoms with Gasteiger partial charge in [-0.25, -0.2) is 0 Å². The van der Waals surface area contributed by atoms with Crippen molar-refractivity contribution < 1.29 is 19.1 Å². The molecule has 2 amide bonds. The van der Waals surface area contributed by atoms with E-state index < -0.39 is 6.04 Å². The van der Waals surface area contributed by atoms with E-state index in [1.807, 2.05) is 24.3 Å². The van der Waals surface area contributed by atoms with Crippen molar-refractivity contribution in [2.45, 2.75) is 52.1 Å². The number of rotatable bonds is 13. The predicted molar refractivity (Wildman–Crippen MR) is 127 cm³/mol. The van der Waals surface area contributed by atoms with Crippen LogP contribution in [-0.4, -0.2) is 43.0 Å². The number of carbonyl (C=O) groups excluding carboxylic acids is 2. The first-order valence-electron chi connectivity index (χ1n) is 11.0. The Bertz CT molecular complexity index is 857. The summed E-state index contributed by atoms with van der Waals surface area (Å²) in [5.74, 6) is 1.18. The van der Waals surface area contributed by atoms with Gasteiger partial charge in [0.1, 0.15) is 17.5 Å². The highest BCUT2D eigenvalue weighted by atomic mass is 35.5. The van der Waals surface area contributed by atoms with Crippen molar-refractivity contribution in [3.05, 3.63) is 59.1 Å². The van der Waals surface area contributed by atoms with E-state index >= 15 is 0 Å². The van der Waals surface area contributed by atoms with Crippen molar-refractivity contribution >= 4 is 23.4 Å². The molecule has 0 heterocycles. The van der Waals surface area contributed by atoms with Gasteiger partial charge in [-0.1, -0.05) is 37.1 Å². The number of halogens is 1. The Kier molecular flexibility index (Phi) is 10.9. The molecule has 0 bridgehead atoms. The summed E-state index contributed by atoms with van der Waals surface area (Å²) in [5, 5.41) is 3.57. The largest absolute Gasteiger partial charge is 0.497 e. The fraction of sp³-hybridized carbons (Fsp3) is 0.440. The van der Waals surface area contributed by atoms with Crippen molar-refractivity contribution in [1.82, 2.24) is 10.2 Å². The summed E-state index contributed by atoms with van der Waals surface area (Å²) >= 11 is 5.88. The summed E-state index contributed by atoms with van der Waals surface area (Å²) in [5.41, 5.74) is 0.906. The second kappa shape index (κ2) is 13.6. The minimum atomic E-state index is -0.581. The summed E-state index contributed by atoms with van der Waals surface area (Å²) in [6.45, 7) is 5.17. The van der Waals surface area contributed by atoms with Gasteiger partial charge in [-0.15, -0.1) is 0 Å². The average Bonchev–Trinajstić information content (AvgIpc) is 2.81. The van der Waals surface area contributed by atoms with Crippen LogP contribution in [0, 0.1) is 0 Å².